The van der Waals surface area contributed by atoms with E-state index in [0.717, 1.165) is 11.7 Å². The van der Waals surface area contributed by atoms with Crippen LogP contribution in [0.1, 0.15) is 16.6 Å². The Balaban J connectivity index is 2.15. The van der Waals surface area contributed by atoms with E-state index in [2.05, 4.69) is 4.98 Å². The molecule has 1 aromatic heterocycles. The Morgan fingerprint density at radius 1 is 1.53 bits per heavy atom. The van der Waals surface area contributed by atoms with Gasteiger partial charge in [-0.2, -0.15) is 0 Å². The zero-order valence-corrected chi connectivity index (χ0v) is 12.7. The van der Waals surface area contributed by atoms with Crippen LogP contribution in [0.25, 0.3) is 0 Å². The van der Waals surface area contributed by atoms with Gasteiger partial charge in [0.2, 0.25) is 0 Å². The van der Waals surface area contributed by atoms with Gasteiger partial charge in [0, 0.05) is 49.0 Å². The Hall–Kier alpha value is -1.15. The number of nitrogen functional groups attached to an aromatic ring is 1. The molecule has 2 heterocycles. The first-order valence-electron chi connectivity index (χ1n) is 6.14. The molecule has 0 radical (unpaired) electrons. The molecule has 1 amide bonds. The zero-order chi connectivity index (χ0) is 14.0. The molecule has 1 aliphatic heterocycles. The molecule has 1 aliphatic rings. The number of nitrogens with zero attached hydrogens (tertiary/aromatic N) is 3. The van der Waals surface area contributed by atoms with Crippen LogP contribution in [0, 0.1) is 0 Å². The molecule has 0 aliphatic carbocycles. The number of nitrogens with two attached hydrogens (primary N) is 1. The minimum absolute atomic E-state index is 0.0950. The molecule has 1 fully saturated rings. The van der Waals surface area contributed by atoms with Gasteiger partial charge < -0.3 is 15.5 Å². The summed E-state index contributed by atoms with van der Waals surface area (Å²) in [6.45, 7) is 3.88. The molecule has 2 rings (SSSR count). The maximum absolute atomic E-state index is 12.4. The highest BCUT2D eigenvalue weighted by molar-refractivity contribution is 7.85. The fourth-order valence-electron chi connectivity index (χ4n) is 1.76. The maximum Gasteiger partial charge on any atom is 0.267 e. The van der Waals surface area contributed by atoms with E-state index in [1.54, 1.807) is 4.90 Å². The van der Waals surface area contributed by atoms with Crippen molar-refractivity contribution in [2.24, 2.45) is 0 Å². The fourth-order valence-corrected chi connectivity index (χ4v) is 3.79. The highest BCUT2D eigenvalue weighted by Gasteiger charge is 2.25. The average molecular weight is 302 g/mol. The van der Waals surface area contributed by atoms with Crippen molar-refractivity contribution in [3.8, 4) is 0 Å². The second kappa shape index (κ2) is 5.87. The van der Waals surface area contributed by atoms with Crippen molar-refractivity contribution < 1.29 is 9.00 Å². The second-order valence-corrected chi connectivity index (χ2v) is 7.04. The van der Waals surface area contributed by atoms with E-state index in [0.29, 0.717) is 29.5 Å². The third-order valence-corrected chi connectivity index (χ3v) is 5.55. The lowest BCUT2D eigenvalue weighted by Crippen LogP contribution is -2.41. The zero-order valence-electron chi connectivity index (χ0n) is 11.1. The number of carbonyl (C=O) groups is 1. The number of hydrogen-bond acceptors (Lipinski definition) is 6. The summed E-state index contributed by atoms with van der Waals surface area (Å²) in [5.74, 6) is 1.29. The summed E-state index contributed by atoms with van der Waals surface area (Å²) in [6, 6.07) is 0. The molecule has 106 valence electrons. The molecule has 0 unspecified atom stereocenters. The van der Waals surface area contributed by atoms with Crippen molar-refractivity contribution in [1.29, 1.82) is 0 Å². The van der Waals surface area contributed by atoms with Gasteiger partial charge in [0.05, 0.1) is 0 Å². The third kappa shape index (κ3) is 3.06. The normalized spacial score (nSPS) is 16.6. The lowest BCUT2D eigenvalue weighted by molar-refractivity contribution is 0.0777. The Labute approximate surface area is 119 Å². The van der Waals surface area contributed by atoms with E-state index in [1.165, 1.54) is 11.3 Å². The smallest absolute Gasteiger partial charge is 0.267 e. The van der Waals surface area contributed by atoms with E-state index < -0.39 is 10.8 Å². The Morgan fingerprint density at radius 3 is 2.74 bits per heavy atom. The lowest BCUT2D eigenvalue weighted by Gasteiger charge is -2.25. The molecule has 6 nitrogen and oxygen atoms in total. The molecular formula is C11H18N4O2S2. The number of amides is 1. The lowest BCUT2D eigenvalue weighted by atomic mass is 10.4. The van der Waals surface area contributed by atoms with Gasteiger partial charge in [0.15, 0.2) is 5.13 Å². The van der Waals surface area contributed by atoms with Crippen molar-refractivity contribution >= 4 is 39.0 Å². The van der Waals surface area contributed by atoms with E-state index in [9.17, 15) is 9.00 Å². The predicted molar refractivity (Wildman–Crippen MR) is 79.3 cm³/mol. The number of anilines is 2. The quantitative estimate of drug-likeness (QED) is 0.873. The van der Waals surface area contributed by atoms with Crippen LogP contribution in [-0.2, 0) is 10.8 Å². The fraction of sp³-hybridized carbons (Fsp3) is 0.636. The summed E-state index contributed by atoms with van der Waals surface area (Å²) in [5, 5.41) is 0.754. The maximum atomic E-state index is 12.4. The molecule has 0 atom stereocenters. The molecule has 19 heavy (non-hydrogen) atoms. The molecule has 0 spiro atoms. The summed E-state index contributed by atoms with van der Waals surface area (Å²) in [4.78, 5) is 20.7. The summed E-state index contributed by atoms with van der Waals surface area (Å²) >= 11 is 1.32. The Bertz CT molecular complexity index is 493. The molecular weight excluding hydrogens is 284 g/mol. The number of thiazole rings is 1. The first-order chi connectivity index (χ1) is 9.02. The van der Waals surface area contributed by atoms with Gasteiger partial charge >= 0.3 is 0 Å². The van der Waals surface area contributed by atoms with Crippen LogP contribution in [0.15, 0.2) is 0 Å². The number of hydrogen-bond donors (Lipinski definition) is 1. The van der Waals surface area contributed by atoms with E-state index in [1.807, 2.05) is 18.9 Å². The van der Waals surface area contributed by atoms with Gasteiger partial charge in [-0.25, -0.2) is 4.98 Å². The number of aromatic nitrogens is 1. The second-order valence-electron chi connectivity index (χ2n) is 4.37. The molecule has 1 saturated heterocycles. The average Bonchev–Trinajstić information content (AvgIpc) is 2.80. The molecule has 2 N–H and O–H groups in total. The summed E-state index contributed by atoms with van der Waals surface area (Å²) in [6.07, 6.45) is 0. The predicted octanol–water partition coefficient (Wildman–Crippen LogP) is 0.386. The molecule has 0 aromatic carbocycles. The molecule has 8 heteroatoms. The van der Waals surface area contributed by atoms with Crippen molar-refractivity contribution in [3.05, 3.63) is 4.88 Å². The minimum Gasteiger partial charge on any atom is -0.382 e. The summed E-state index contributed by atoms with van der Waals surface area (Å²) in [7, 11) is 1.12. The van der Waals surface area contributed by atoms with E-state index >= 15 is 0 Å². The Morgan fingerprint density at radius 2 is 2.16 bits per heavy atom. The first kappa shape index (κ1) is 14.3. The van der Waals surface area contributed by atoms with Gasteiger partial charge in [0.25, 0.3) is 5.91 Å². The van der Waals surface area contributed by atoms with Crippen LogP contribution >= 0.6 is 11.3 Å². The van der Waals surface area contributed by atoms with Crippen LogP contribution < -0.4 is 10.6 Å². The standard InChI is InChI=1S/C11H18N4O2S2/c1-3-14(2)11-13-9(12)8(18-11)10(16)15-4-6-19(17)7-5-15/h3-7,12H2,1-2H3. The van der Waals surface area contributed by atoms with Gasteiger partial charge in [-0.15, -0.1) is 0 Å². The van der Waals surface area contributed by atoms with Crippen LogP contribution in [0.3, 0.4) is 0 Å². The topological polar surface area (TPSA) is 79.5 Å². The molecule has 0 bridgehead atoms. The van der Waals surface area contributed by atoms with E-state index in [4.69, 9.17) is 5.73 Å². The van der Waals surface area contributed by atoms with Crippen LogP contribution in [-0.4, -0.2) is 58.2 Å². The first-order valence-corrected chi connectivity index (χ1v) is 8.45. The highest BCUT2D eigenvalue weighted by atomic mass is 32.2. The minimum atomic E-state index is -0.788. The van der Waals surface area contributed by atoms with Crippen molar-refractivity contribution in [2.45, 2.75) is 6.92 Å². The summed E-state index contributed by atoms with van der Waals surface area (Å²) in [5.41, 5.74) is 5.83. The molecule has 0 saturated carbocycles. The highest BCUT2D eigenvalue weighted by Crippen LogP contribution is 2.28. The number of carbonyl (C=O) groups excluding carboxylic acids is 1. The van der Waals surface area contributed by atoms with Gasteiger partial charge in [-0.3, -0.25) is 9.00 Å². The van der Waals surface area contributed by atoms with Crippen LogP contribution in [0.2, 0.25) is 0 Å². The monoisotopic (exact) mass is 302 g/mol. The van der Waals surface area contributed by atoms with Crippen molar-refractivity contribution in [3.63, 3.8) is 0 Å². The van der Waals surface area contributed by atoms with Crippen molar-refractivity contribution in [2.75, 3.05) is 48.8 Å². The van der Waals surface area contributed by atoms with Gasteiger partial charge in [-0.1, -0.05) is 11.3 Å². The SMILES string of the molecule is CCN(C)c1nc(N)c(C(=O)N2CCS(=O)CC2)s1. The largest absolute Gasteiger partial charge is 0.382 e. The molecule has 1 aromatic rings. The number of rotatable bonds is 3. The third-order valence-electron chi connectivity index (χ3n) is 3.10. The van der Waals surface area contributed by atoms with Crippen LogP contribution in [0.5, 0.6) is 0 Å². The van der Waals surface area contributed by atoms with Gasteiger partial charge in [0.1, 0.15) is 10.7 Å². The summed E-state index contributed by atoms with van der Waals surface area (Å²) < 4.78 is 11.3. The Kier molecular flexibility index (Phi) is 4.41. The van der Waals surface area contributed by atoms with Crippen LogP contribution in [0.4, 0.5) is 10.9 Å². The van der Waals surface area contributed by atoms with E-state index in [-0.39, 0.29) is 11.7 Å². The van der Waals surface area contributed by atoms with Crippen molar-refractivity contribution in [1.82, 2.24) is 9.88 Å². The van der Waals surface area contributed by atoms with Gasteiger partial charge in [-0.05, 0) is 6.92 Å².